The molecule has 116 valence electrons. The van der Waals surface area contributed by atoms with Crippen molar-refractivity contribution in [1.29, 1.82) is 0 Å². The first-order valence-corrected chi connectivity index (χ1v) is 8.05. The van der Waals surface area contributed by atoms with Gasteiger partial charge in [-0.15, -0.1) is 0 Å². The van der Waals surface area contributed by atoms with Gasteiger partial charge in [-0.25, -0.2) is 0 Å². The van der Waals surface area contributed by atoms with Crippen molar-refractivity contribution in [1.82, 2.24) is 5.32 Å². The Morgan fingerprint density at radius 1 is 1.24 bits per heavy atom. The van der Waals surface area contributed by atoms with Gasteiger partial charge in [0.25, 0.3) is 0 Å². The van der Waals surface area contributed by atoms with Crippen molar-refractivity contribution in [3.8, 4) is 11.5 Å². The Kier molecular flexibility index (Phi) is 4.36. The molecule has 1 fully saturated rings. The van der Waals surface area contributed by atoms with Crippen molar-refractivity contribution in [2.45, 2.75) is 44.8 Å². The Morgan fingerprint density at radius 2 is 2.05 bits per heavy atom. The van der Waals surface area contributed by atoms with Gasteiger partial charge >= 0.3 is 0 Å². The summed E-state index contributed by atoms with van der Waals surface area (Å²) < 4.78 is 18.3. The van der Waals surface area contributed by atoms with Gasteiger partial charge < -0.3 is 19.5 Å². The van der Waals surface area contributed by atoms with Crippen LogP contribution in [-0.2, 0) is 4.74 Å². The highest BCUT2D eigenvalue weighted by Crippen LogP contribution is 2.48. The van der Waals surface area contributed by atoms with Crippen LogP contribution in [0, 0.1) is 0 Å². The van der Waals surface area contributed by atoms with Gasteiger partial charge in [0.1, 0.15) is 17.1 Å². The topological polar surface area (TPSA) is 39.7 Å². The first kappa shape index (κ1) is 14.7. The molecule has 0 saturated carbocycles. The number of hydrogen-bond acceptors (Lipinski definition) is 4. The number of ether oxygens (including phenoxy) is 3. The van der Waals surface area contributed by atoms with Gasteiger partial charge in [-0.3, -0.25) is 0 Å². The third-order valence-corrected chi connectivity index (χ3v) is 4.41. The third kappa shape index (κ3) is 2.87. The van der Waals surface area contributed by atoms with Crippen LogP contribution in [0.4, 0.5) is 0 Å². The van der Waals surface area contributed by atoms with E-state index in [1.165, 1.54) is 0 Å². The lowest BCUT2D eigenvalue weighted by Gasteiger charge is -2.44. The molecule has 1 spiro atoms. The normalized spacial score (nSPS) is 23.4. The summed E-state index contributed by atoms with van der Waals surface area (Å²) >= 11 is 0. The second-order valence-electron chi connectivity index (χ2n) is 5.78. The second-order valence-corrected chi connectivity index (χ2v) is 5.78. The monoisotopic (exact) mass is 291 g/mol. The highest BCUT2D eigenvalue weighted by atomic mass is 16.5. The first-order chi connectivity index (χ1) is 10.3. The Labute approximate surface area is 126 Å². The van der Waals surface area contributed by atoms with E-state index in [0.717, 1.165) is 49.4 Å². The summed E-state index contributed by atoms with van der Waals surface area (Å²) in [6.45, 7) is 7.45. The van der Waals surface area contributed by atoms with Crippen LogP contribution >= 0.6 is 0 Å². The Balaban J connectivity index is 1.96. The van der Waals surface area contributed by atoms with E-state index in [9.17, 15) is 0 Å². The van der Waals surface area contributed by atoms with Crippen LogP contribution < -0.4 is 14.8 Å². The molecule has 3 rings (SSSR count). The summed E-state index contributed by atoms with van der Waals surface area (Å²) in [4.78, 5) is 0. The summed E-state index contributed by atoms with van der Waals surface area (Å²) in [5, 5.41) is 3.41. The van der Waals surface area contributed by atoms with E-state index in [1.54, 1.807) is 0 Å². The molecule has 4 heteroatoms. The van der Waals surface area contributed by atoms with Gasteiger partial charge in [0.2, 0.25) is 0 Å². The molecule has 0 radical (unpaired) electrons. The molecule has 2 heterocycles. The summed E-state index contributed by atoms with van der Waals surface area (Å²) in [6, 6.07) is 6.07. The van der Waals surface area contributed by atoms with Crippen molar-refractivity contribution < 1.29 is 14.2 Å². The number of benzene rings is 1. The molecule has 0 aromatic heterocycles. The van der Waals surface area contributed by atoms with E-state index < -0.39 is 0 Å². The number of piperidine rings is 1. The molecule has 0 amide bonds. The maximum atomic E-state index is 6.42. The third-order valence-electron chi connectivity index (χ3n) is 4.41. The summed E-state index contributed by atoms with van der Waals surface area (Å²) in [5.41, 5.74) is 1.01. The fourth-order valence-electron chi connectivity index (χ4n) is 3.46. The zero-order valence-corrected chi connectivity index (χ0v) is 13.0. The second kappa shape index (κ2) is 6.24. The molecule has 0 bridgehead atoms. The zero-order chi connectivity index (χ0) is 14.7. The molecule has 1 unspecified atom stereocenters. The highest BCUT2D eigenvalue weighted by Gasteiger charge is 2.43. The van der Waals surface area contributed by atoms with Gasteiger partial charge in [0.15, 0.2) is 0 Å². The molecule has 21 heavy (non-hydrogen) atoms. The van der Waals surface area contributed by atoms with E-state index in [0.29, 0.717) is 13.2 Å². The predicted octanol–water partition coefficient (Wildman–Crippen LogP) is 3.07. The molecule has 4 nitrogen and oxygen atoms in total. The molecular formula is C17H25NO3. The number of nitrogens with one attached hydrogen (secondary N) is 1. The van der Waals surface area contributed by atoms with Crippen LogP contribution in [0.15, 0.2) is 18.2 Å². The van der Waals surface area contributed by atoms with Gasteiger partial charge in [-0.1, -0.05) is 6.07 Å². The van der Waals surface area contributed by atoms with E-state index in [1.807, 2.05) is 32.0 Å². The number of fused-ring (bicyclic) bond motifs is 1. The molecule has 2 aliphatic rings. The smallest absolute Gasteiger partial charge is 0.129 e. The van der Waals surface area contributed by atoms with Crippen LogP contribution in [0.1, 0.15) is 44.8 Å². The van der Waals surface area contributed by atoms with E-state index in [2.05, 4.69) is 5.32 Å². The standard InChI is InChI=1S/C17H25NO3/c1-3-19-13-6-5-7-14-16(13)15(20-4-2)12-17(21-14)8-10-18-11-9-17/h5-7,15,18H,3-4,8-12H2,1-2H3. The van der Waals surface area contributed by atoms with E-state index in [-0.39, 0.29) is 11.7 Å². The minimum atomic E-state index is -0.0804. The Morgan fingerprint density at radius 3 is 2.76 bits per heavy atom. The summed E-state index contributed by atoms with van der Waals surface area (Å²) in [7, 11) is 0. The SMILES string of the molecule is CCOc1cccc2c1C(OCC)CC1(CCNCC1)O2. The molecule has 1 atom stereocenters. The van der Waals surface area contributed by atoms with Crippen molar-refractivity contribution in [2.24, 2.45) is 0 Å². The predicted molar refractivity (Wildman–Crippen MR) is 82.1 cm³/mol. The number of rotatable bonds is 4. The zero-order valence-electron chi connectivity index (χ0n) is 13.0. The first-order valence-electron chi connectivity index (χ1n) is 8.05. The number of hydrogen-bond donors (Lipinski definition) is 1. The molecule has 0 aliphatic carbocycles. The van der Waals surface area contributed by atoms with E-state index in [4.69, 9.17) is 14.2 Å². The minimum Gasteiger partial charge on any atom is -0.493 e. The van der Waals surface area contributed by atoms with Gasteiger partial charge in [0, 0.05) is 13.0 Å². The summed E-state index contributed by atoms with van der Waals surface area (Å²) in [6.07, 6.45) is 3.06. The molecule has 1 aromatic carbocycles. The van der Waals surface area contributed by atoms with Crippen molar-refractivity contribution >= 4 is 0 Å². The highest BCUT2D eigenvalue weighted by molar-refractivity contribution is 5.48. The Bertz CT molecular complexity index is 483. The van der Waals surface area contributed by atoms with E-state index >= 15 is 0 Å². The summed E-state index contributed by atoms with van der Waals surface area (Å²) in [5.74, 6) is 1.84. The van der Waals surface area contributed by atoms with Crippen LogP contribution in [0.3, 0.4) is 0 Å². The minimum absolute atomic E-state index is 0.0691. The van der Waals surface area contributed by atoms with Gasteiger partial charge in [-0.2, -0.15) is 0 Å². The largest absolute Gasteiger partial charge is 0.493 e. The Hall–Kier alpha value is -1.26. The van der Waals surface area contributed by atoms with Gasteiger partial charge in [-0.05, 0) is 51.9 Å². The van der Waals surface area contributed by atoms with Crippen LogP contribution in [-0.4, -0.2) is 31.9 Å². The average Bonchev–Trinajstić information content (AvgIpc) is 2.48. The van der Waals surface area contributed by atoms with Crippen molar-refractivity contribution in [3.05, 3.63) is 23.8 Å². The molecular weight excluding hydrogens is 266 g/mol. The van der Waals surface area contributed by atoms with Crippen LogP contribution in [0.25, 0.3) is 0 Å². The molecule has 1 saturated heterocycles. The van der Waals surface area contributed by atoms with Gasteiger partial charge in [0.05, 0.1) is 18.3 Å². The molecule has 1 aromatic rings. The maximum Gasteiger partial charge on any atom is 0.129 e. The van der Waals surface area contributed by atoms with Crippen LogP contribution in [0.5, 0.6) is 11.5 Å². The fourth-order valence-corrected chi connectivity index (χ4v) is 3.46. The quantitative estimate of drug-likeness (QED) is 0.925. The maximum absolute atomic E-state index is 6.42. The molecule has 2 aliphatic heterocycles. The van der Waals surface area contributed by atoms with Crippen LogP contribution in [0.2, 0.25) is 0 Å². The lowest BCUT2D eigenvalue weighted by atomic mass is 9.82. The van der Waals surface area contributed by atoms with Crippen molar-refractivity contribution in [2.75, 3.05) is 26.3 Å². The average molecular weight is 291 g/mol. The fraction of sp³-hybridized carbons (Fsp3) is 0.647. The lowest BCUT2D eigenvalue weighted by molar-refractivity contribution is -0.0600. The molecule has 1 N–H and O–H groups in total. The van der Waals surface area contributed by atoms with Crippen molar-refractivity contribution in [3.63, 3.8) is 0 Å². The lowest BCUT2D eigenvalue weighted by Crippen LogP contribution is -2.49.